The highest BCUT2D eigenvalue weighted by molar-refractivity contribution is 5.16. The molecule has 1 N–H and O–H groups in total. The molecule has 0 aromatic heterocycles. The van der Waals surface area contributed by atoms with Gasteiger partial charge in [0.15, 0.2) is 0 Å². The third-order valence-electron chi connectivity index (χ3n) is 8.92. The molecule has 0 radical (unpaired) electrons. The number of aliphatic hydroxyl groups excluding tert-OH is 1. The second-order valence-electron chi connectivity index (χ2n) is 10.2. The molecule has 2 bridgehead atoms. The minimum Gasteiger partial charge on any atom is -0.393 e. The first kappa shape index (κ1) is 14.5. The maximum Gasteiger partial charge on any atom is 0.0551 e. The highest BCUT2D eigenvalue weighted by atomic mass is 16.3. The molecule has 1 spiro atoms. The van der Waals surface area contributed by atoms with Crippen LogP contribution in [0.4, 0.5) is 0 Å². The zero-order valence-electron chi connectivity index (χ0n) is 14.5. The fourth-order valence-corrected chi connectivity index (χ4v) is 8.09. The van der Waals surface area contributed by atoms with Crippen molar-refractivity contribution in [2.45, 2.75) is 85.2 Å². The summed E-state index contributed by atoms with van der Waals surface area (Å²) >= 11 is 0. The second-order valence-corrected chi connectivity index (χ2v) is 10.2. The van der Waals surface area contributed by atoms with Crippen LogP contribution in [0.2, 0.25) is 0 Å². The molecule has 7 atom stereocenters. The van der Waals surface area contributed by atoms with E-state index in [2.05, 4.69) is 27.7 Å². The maximum atomic E-state index is 10.6. The number of fused-ring (bicyclic) bond motifs is 2. The summed E-state index contributed by atoms with van der Waals surface area (Å²) in [4.78, 5) is 0. The van der Waals surface area contributed by atoms with Crippen LogP contribution in [-0.4, -0.2) is 11.2 Å². The highest BCUT2D eigenvalue weighted by Crippen LogP contribution is 2.74. The van der Waals surface area contributed by atoms with Crippen LogP contribution in [0, 0.1) is 39.9 Å². The van der Waals surface area contributed by atoms with Gasteiger partial charge in [-0.2, -0.15) is 0 Å². The van der Waals surface area contributed by atoms with Crippen molar-refractivity contribution < 1.29 is 5.11 Å². The van der Waals surface area contributed by atoms with Crippen molar-refractivity contribution in [3.8, 4) is 0 Å². The Morgan fingerprint density at radius 3 is 2.48 bits per heavy atom. The van der Waals surface area contributed by atoms with Crippen LogP contribution in [-0.2, 0) is 0 Å². The Bertz CT molecular complexity index is 441. The summed E-state index contributed by atoms with van der Waals surface area (Å²) in [5.74, 6) is 3.73. The highest BCUT2D eigenvalue weighted by Gasteiger charge is 2.67. The average molecular weight is 290 g/mol. The number of hydrogen-bond donors (Lipinski definition) is 1. The molecule has 0 aromatic carbocycles. The number of hydrogen-bond acceptors (Lipinski definition) is 1. The Morgan fingerprint density at radius 1 is 0.952 bits per heavy atom. The van der Waals surface area contributed by atoms with Crippen LogP contribution in [0.15, 0.2) is 0 Å². The van der Waals surface area contributed by atoms with E-state index >= 15 is 0 Å². The molecule has 120 valence electrons. The summed E-state index contributed by atoms with van der Waals surface area (Å²) in [5, 5.41) is 10.6. The van der Waals surface area contributed by atoms with E-state index in [9.17, 15) is 5.11 Å². The molecule has 4 aliphatic rings. The Hall–Kier alpha value is -0.0400. The monoisotopic (exact) mass is 290 g/mol. The summed E-state index contributed by atoms with van der Waals surface area (Å²) in [6, 6.07) is 0. The quantitative estimate of drug-likeness (QED) is 0.663. The third-order valence-corrected chi connectivity index (χ3v) is 8.92. The Labute approximate surface area is 130 Å². The van der Waals surface area contributed by atoms with E-state index in [1.807, 2.05) is 0 Å². The zero-order chi connectivity index (χ0) is 15.0. The Morgan fingerprint density at radius 2 is 1.71 bits per heavy atom. The molecule has 21 heavy (non-hydrogen) atoms. The molecule has 4 rings (SSSR count). The molecular formula is C20H34O. The van der Waals surface area contributed by atoms with Gasteiger partial charge in [0.1, 0.15) is 0 Å². The standard InChI is InChI=1S/C20H34O/c1-13-7-8-20-10-14(13)9-15(20)5-6-17-18(2,3)11-16(21)12-19(17,20)4/h13-17,21H,5-12H2,1-4H3/t13-,14+,15+,16-,17+,19+,20-/m1/s1. The normalized spacial score (nSPS) is 58.4. The van der Waals surface area contributed by atoms with E-state index in [0.29, 0.717) is 16.2 Å². The fourth-order valence-electron chi connectivity index (χ4n) is 8.09. The summed E-state index contributed by atoms with van der Waals surface area (Å²) in [6.07, 6.45) is 10.8. The van der Waals surface area contributed by atoms with Gasteiger partial charge in [-0.05, 0) is 91.3 Å². The molecule has 1 heteroatoms. The first-order valence-corrected chi connectivity index (χ1v) is 9.47. The van der Waals surface area contributed by atoms with Gasteiger partial charge in [0.2, 0.25) is 0 Å². The lowest BCUT2D eigenvalue weighted by atomic mass is 9.39. The van der Waals surface area contributed by atoms with Crippen LogP contribution in [0.25, 0.3) is 0 Å². The van der Waals surface area contributed by atoms with Gasteiger partial charge in [-0.1, -0.05) is 27.7 Å². The lowest BCUT2D eigenvalue weighted by Gasteiger charge is -2.66. The van der Waals surface area contributed by atoms with Gasteiger partial charge < -0.3 is 5.11 Å². The van der Waals surface area contributed by atoms with E-state index in [0.717, 1.165) is 36.5 Å². The number of rotatable bonds is 0. The molecule has 1 nitrogen and oxygen atoms in total. The van der Waals surface area contributed by atoms with Gasteiger partial charge in [0.25, 0.3) is 0 Å². The molecule has 4 saturated carbocycles. The Balaban J connectivity index is 1.78. The second kappa shape index (κ2) is 4.28. The van der Waals surface area contributed by atoms with Crippen molar-refractivity contribution in [1.29, 1.82) is 0 Å². The lowest BCUT2D eigenvalue weighted by Crippen LogP contribution is -2.59. The molecule has 0 heterocycles. The first-order valence-electron chi connectivity index (χ1n) is 9.47. The van der Waals surface area contributed by atoms with Crippen LogP contribution in [0.3, 0.4) is 0 Å². The summed E-state index contributed by atoms with van der Waals surface area (Å²) < 4.78 is 0. The van der Waals surface area contributed by atoms with Crippen LogP contribution >= 0.6 is 0 Å². The maximum absolute atomic E-state index is 10.6. The smallest absolute Gasteiger partial charge is 0.0551 e. The van der Waals surface area contributed by atoms with Crippen molar-refractivity contribution in [3.63, 3.8) is 0 Å². The van der Waals surface area contributed by atoms with E-state index in [1.54, 1.807) is 0 Å². The topological polar surface area (TPSA) is 20.2 Å². The molecule has 0 aliphatic heterocycles. The van der Waals surface area contributed by atoms with E-state index in [1.165, 1.54) is 38.5 Å². The first-order chi connectivity index (χ1) is 9.78. The SMILES string of the molecule is C[C@@H]1CC[C@@]23C[C@@H]1C[C@@H]2CC[C@H]1C(C)(C)C[C@@H](O)C[C@@]13C. The molecule has 0 aromatic rings. The van der Waals surface area contributed by atoms with Gasteiger partial charge in [0.05, 0.1) is 6.10 Å². The molecular weight excluding hydrogens is 256 g/mol. The minimum absolute atomic E-state index is 0.0622. The third kappa shape index (κ3) is 1.73. The summed E-state index contributed by atoms with van der Waals surface area (Å²) in [7, 11) is 0. The van der Waals surface area contributed by atoms with Gasteiger partial charge in [0, 0.05) is 0 Å². The number of aliphatic hydroxyl groups is 1. The van der Waals surface area contributed by atoms with E-state index < -0.39 is 0 Å². The average Bonchev–Trinajstić information content (AvgIpc) is 2.69. The van der Waals surface area contributed by atoms with Gasteiger partial charge in [-0.25, -0.2) is 0 Å². The van der Waals surface area contributed by atoms with Crippen molar-refractivity contribution in [3.05, 3.63) is 0 Å². The van der Waals surface area contributed by atoms with Crippen LogP contribution in [0.1, 0.15) is 79.1 Å². The fraction of sp³-hybridized carbons (Fsp3) is 1.00. The van der Waals surface area contributed by atoms with E-state index in [-0.39, 0.29) is 6.10 Å². The summed E-state index contributed by atoms with van der Waals surface area (Å²) in [6.45, 7) is 9.96. The Kier molecular flexibility index (Phi) is 2.96. The lowest BCUT2D eigenvalue weighted by molar-refractivity contribution is -0.185. The molecule has 0 unspecified atom stereocenters. The molecule has 0 amide bonds. The largest absolute Gasteiger partial charge is 0.393 e. The van der Waals surface area contributed by atoms with Crippen molar-refractivity contribution in [1.82, 2.24) is 0 Å². The molecule has 4 aliphatic carbocycles. The van der Waals surface area contributed by atoms with Gasteiger partial charge in [-0.3, -0.25) is 0 Å². The predicted molar refractivity (Wildman–Crippen MR) is 86.9 cm³/mol. The van der Waals surface area contributed by atoms with Gasteiger partial charge >= 0.3 is 0 Å². The summed E-state index contributed by atoms with van der Waals surface area (Å²) in [5.41, 5.74) is 1.30. The van der Waals surface area contributed by atoms with E-state index in [4.69, 9.17) is 0 Å². The minimum atomic E-state index is -0.0622. The molecule has 4 fully saturated rings. The van der Waals surface area contributed by atoms with Gasteiger partial charge in [-0.15, -0.1) is 0 Å². The van der Waals surface area contributed by atoms with Crippen molar-refractivity contribution in [2.75, 3.05) is 0 Å². The molecule has 0 saturated heterocycles. The predicted octanol–water partition coefficient (Wildman–Crippen LogP) is 5.03. The zero-order valence-corrected chi connectivity index (χ0v) is 14.5. The van der Waals surface area contributed by atoms with Crippen LogP contribution < -0.4 is 0 Å². The van der Waals surface area contributed by atoms with Crippen molar-refractivity contribution >= 4 is 0 Å². The van der Waals surface area contributed by atoms with Crippen LogP contribution in [0.5, 0.6) is 0 Å². The van der Waals surface area contributed by atoms with Crippen molar-refractivity contribution in [2.24, 2.45) is 39.9 Å².